The van der Waals surface area contributed by atoms with Crippen LogP contribution >= 0.6 is 12.6 Å². The summed E-state index contributed by atoms with van der Waals surface area (Å²) in [5, 5.41) is 0. The highest BCUT2D eigenvalue weighted by atomic mass is 32.1. The van der Waals surface area contributed by atoms with Gasteiger partial charge >= 0.3 is 0 Å². The fraction of sp³-hybridized carbons (Fsp3) is 1.00. The Bertz CT molecular complexity index is 106. The van der Waals surface area contributed by atoms with Crippen molar-refractivity contribution in [3.05, 3.63) is 0 Å². The lowest BCUT2D eigenvalue weighted by molar-refractivity contribution is 0.0919. The van der Waals surface area contributed by atoms with E-state index in [1.165, 1.54) is 32.1 Å². The molecule has 0 aromatic carbocycles. The summed E-state index contributed by atoms with van der Waals surface area (Å²) < 4.78 is 5.65. The van der Waals surface area contributed by atoms with E-state index in [0.717, 1.165) is 31.3 Å². The van der Waals surface area contributed by atoms with E-state index >= 15 is 0 Å². The van der Waals surface area contributed by atoms with Gasteiger partial charge in [-0.15, -0.1) is 0 Å². The van der Waals surface area contributed by atoms with Gasteiger partial charge in [0, 0.05) is 13.2 Å². The molecular weight excluding hydrogens is 192 g/mol. The lowest BCUT2D eigenvalue weighted by atomic mass is 10.0. The molecule has 0 aromatic rings. The minimum absolute atomic E-state index is 0.783. The summed E-state index contributed by atoms with van der Waals surface area (Å²) in [6, 6.07) is 0. The Labute approximate surface area is 95.0 Å². The van der Waals surface area contributed by atoms with Gasteiger partial charge in [-0.3, -0.25) is 0 Å². The maximum atomic E-state index is 5.65. The Morgan fingerprint density at radius 2 is 1.93 bits per heavy atom. The quantitative estimate of drug-likeness (QED) is 0.432. The lowest BCUT2D eigenvalue weighted by Gasteiger charge is -2.14. The highest BCUT2D eigenvalue weighted by molar-refractivity contribution is 7.80. The second-order valence-electron chi connectivity index (χ2n) is 3.92. The van der Waals surface area contributed by atoms with Gasteiger partial charge in [0.25, 0.3) is 0 Å². The smallest absolute Gasteiger partial charge is 0.0494 e. The Balaban J connectivity index is 3.24. The average molecular weight is 218 g/mol. The van der Waals surface area contributed by atoms with Crippen molar-refractivity contribution in [1.29, 1.82) is 0 Å². The molecule has 14 heavy (non-hydrogen) atoms. The Morgan fingerprint density at radius 3 is 2.50 bits per heavy atom. The first-order valence-corrected chi connectivity index (χ1v) is 6.66. The molecule has 0 aliphatic rings. The van der Waals surface area contributed by atoms with Crippen molar-refractivity contribution in [2.75, 3.05) is 19.0 Å². The van der Waals surface area contributed by atoms with Crippen LogP contribution in [0.4, 0.5) is 0 Å². The molecule has 0 aromatic heterocycles. The molecule has 1 unspecified atom stereocenters. The molecule has 0 aliphatic carbocycles. The van der Waals surface area contributed by atoms with Crippen LogP contribution in [0.3, 0.4) is 0 Å². The second kappa shape index (κ2) is 11.4. The van der Waals surface area contributed by atoms with Crippen LogP contribution in [0.2, 0.25) is 0 Å². The number of hydrogen-bond acceptors (Lipinski definition) is 2. The molecule has 0 fully saturated rings. The fourth-order valence-electron chi connectivity index (χ4n) is 1.46. The van der Waals surface area contributed by atoms with Crippen LogP contribution in [-0.2, 0) is 4.74 Å². The van der Waals surface area contributed by atoms with Gasteiger partial charge in [-0.1, -0.05) is 33.1 Å². The van der Waals surface area contributed by atoms with Gasteiger partial charge in [0.05, 0.1) is 0 Å². The van der Waals surface area contributed by atoms with Crippen LogP contribution < -0.4 is 0 Å². The van der Waals surface area contributed by atoms with Gasteiger partial charge in [0.1, 0.15) is 0 Å². The maximum absolute atomic E-state index is 5.65. The van der Waals surface area contributed by atoms with Crippen LogP contribution in [0.5, 0.6) is 0 Å². The number of unbranched alkanes of at least 4 members (excludes halogenated alkanes) is 2. The third-order valence-electron chi connectivity index (χ3n) is 2.59. The van der Waals surface area contributed by atoms with E-state index in [4.69, 9.17) is 4.74 Å². The minimum atomic E-state index is 0.783. The SMILES string of the molecule is CCCCC(CC)COCCCCS. The van der Waals surface area contributed by atoms with Crippen LogP contribution in [0.25, 0.3) is 0 Å². The van der Waals surface area contributed by atoms with Gasteiger partial charge in [-0.2, -0.15) is 12.6 Å². The van der Waals surface area contributed by atoms with Crippen molar-refractivity contribution in [2.45, 2.75) is 52.4 Å². The van der Waals surface area contributed by atoms with Crippen molar-refractivity contribution >= 4 is 12.6 Å². The predicted molar refractivity (Wildman–Crippen MR) is 67.2 cm³/mol. The molecule has 0 heterocycles. The third-order valence-corrected chi connectivity index (χ3v) is 2.91. The van der Waals surface area contributed by atoms with Crippen LogP contribution in [-0.4, -0.2) is 19.0 Å². The molecule has 1 atom stereocenters. The fourth-order valence-corrected chi connectivity index (χ4v) is 1.69. The Kier molecular flexibility index (Phi) is 11.6. The lowest BCUT2D eigenvalue weighted by Crippen LogP contribution is -2.09. The number of thiol groups is 1. The van der Waals surface area contributed by atoms with Gasteiger partial charge in [-0.05, 0) is 30.9 Å². The van der Waals surface area contributed by atoms with Crippen molar-refractivity contribution < 1.29 is 4.74 Å². The zero-order valence-corrected chi connectivity index (χ0v) is 10.7. The highest BCUT2D eigenvalue weighted by Gasteiger charge is 2.05. The van der Waals surface area contributed by atoms with Gasteiger partial charge in [-0.25, -0.2) is 0 Å². The zero-order valence-electron chi connectivity index (χ0n) is 9.80. The molecule has 0 N–H and O–H groups in total. The Morgan fingerprint density at radius 1 is 1.14 bits per heavy atom. The number of ether oxygens (including phenoxy) is 1. The minimum Gasteiger partial charge on any atom is -0.381 e. The topological polar surface area (TPSA) is 9.23 Å². The van der Waals surface area contributed by atoms with Gasteiger partial charge in [0.2, 0.25) is 0 Å². The number of hydrogen-bond donors (Lipinski definition) is 1. The molecule has 0 bridgehead atoms. The van der Waals surface area contributed by atoms with Crippen molar-refractivity contribution in [2.24, 2.45) is 5.92 Å². The zero-order chi connectivity index (χ0) is 10.6. The predicted octanol–water partition coefficient (Wildman–Crippen LogP) is 3.93. The maximum Gasteiger partial charge on any atom is 0.0494 e. The standard InChI is InChI=1S/C12H26OS/c1-3-5-8-12(4-2)11-13-9-6-7-10-14/h12,14H,3-11H2,1-2H3. The van der Waals surface area contributed by atoms with Crippen LogP contribution in [0.15, 0.2) is 0 Å². The third kappa shape index (κ3) is 8.89. The molecule has 1 nitrogen and oxygen atoms in total. The second-order valence-corrected chi connectivity index (χ2v) is 4.37. The van der Waals surface area contributed by atoms with E-state index in [0.29, 0.717) is 0 Å². The summed E-state index contributed by atoms with van der Waals surface area (Å²) in [5.41, 5.74) is 0. The first-order chi connectivity index (χ1) is 6.85. The molecule has 0 spiro atoms. The van der Waals surface area contributed by atoms with E-state index in [9.17, 15) is 0 Å². The largest absolute Gasteiger partial charge is 0.381 e. The summed E-state index contributed by atoms with van der Waals surface area (Å²) in [7, 11) is 0. The summed E-state index contributed by atoms with van der Waals surface area (Å²) in [4.78, 5) is 0. The van der Waals surface area contributed by atoms with E-state index in [1.807, 2.05) is 0 Å². The first kappa shape index (κ1) is 14.3. The molecule has 0 amide bonds. The van der Waals surface area contributed by atoms with Crippen molar-refractivity contribution in [1.82, 2.24) is 0 Å². The first-order valence-electron chi connectivity index (χ1n) is 6.03. The molecule has 0 saturated heterocycles. The van der Waals surface area contributed by atoms with Crippen LogP contribution in [0.1, 0.15) is 52.4 Å². The van der Waals surface area contributed by atoms with E-state index in [2.05, 4.69) is 26.5 Å². The Hall–Kier alpha value is 0.310. The monoisotopic (exact) mass is 218 g/mol. The molecule has 0 radical (unpaired) electrons. The summed E-state index contributed by atoms with van der Waals surface area (Å²) in [6.45, 7) is 6.39. The molecule has 0 rings (SSSR count). The van der Waals surface area contributed by atoms with Crippen molar-refractivity contribution in [3.63, 3.8) is 0 Å². The molecule has 0 aliphatic heterocycles. The van der Waals surface area contributed by atoms with Gasteiger partial charge < -0.3 is 4.74 Å². The van der Waals surface area contributed by atoms with Crippen molar-refractivity contribution in [3.8, 4) is 0 Å². The van der Waals surface area contributed by atoms with Crippen LogP contribution in [0, 0.1) is 5.92 Å². The summed E-state index contributed by atoms with van der Waals surface area (Å²) in [5.74, 6) is 1.77. The normalized spacial score (nSPS) is 13.1. The van der Waals surface area contributed by atoms with Gasteiger partial charge in [0.15, 0.2) is 0 Å². The summed E-state index contributed by atoms with van der Waals surface area (Å²) >= 11 is 4.17. The molecule has 0 saturated carbocycles. The molecule has 2 heteroatoms. The van der Waals surface area contributed by atoms with E-state index in [-0.39, 0.29) is 0 Å². The summed E-state index contributed by atoms with van der Waals surface area (Å²) in [6.07, 6.45) is 7.57. The highest BCUT2D eigenvalue weighted by Crippen LogP contribution is 2.12. The molecule has 86 valence electrons. The van der Waals surface area contributed by atoms with E-state index < -0.39 is 0 Å². The molecular formula is C12H26OS. The van der Waals surface area contributed by atoms with E-state index in [1.54, 1.807) is 0 Å². The average Bonchev–Trinajstić information content (AvgIpc) is 2.22. The number of rotatable bonds is 10.